The van der Waals surface area contributed by atoms with Crippen LogP contribution in [0.25, 0.3) is 0 Å². The van der Waals surface area contributed by atoms with Crippen LogP contribution in [0.4, 0.5) is 0 Å². The third-order valence-electron chi connectivity index (χ3n) is 2.97. The van der Waals surface area contributed by atoms with Crippen LogP contribution in [0.2, 0.25) is 0 Å². The molecule has 0 atom stereocenters. The molecule has 0 radical (unpaired) electrons. The Kier molecular flexibility index (Phi) is 4.33. The number of rotatable bonds is 5. The minimum atomic E-state index is -0.521. The standard InChI is InChI=1S/C17H14N2O4/c1-12-18-19-16(22-12)11-21-17(20)14-9-5-6-10-15(14)23-13-7-3-2-4-8-13/h2-10H,11H2,1H3. The van der Waals surface area contributed by atoms with Crippen molar-refractivity contribution in [2.45, 2.75) is 13.5 Å². The van der Waals surface area contributed by atoms with Gasteiger partial charge in [0.2, 0.25) is 5.89 Å². The van der Waals surface area contributed by atoms with Crippen LogP contribution in [0.15, 0.2) is 59.0 Å². The highest BCUT2D eigenvalue weighted by atomic mass is 16.5. The van der Waals surface area contributed by atoms with Crippen LogP contribution in [-0.4, -0.2) is 16.2 Å². The number of nitrogens with zero attached hydrogens (tertiary/aromatic N) is 2. The first-order valence-electron chi connectivity index (χ1n) is 7.00. The summed E-state index contributed by atoms with van der Waals surface area (Å²) in [7, 11) is 0. The molecule has 0 N–H and O–H groups in total. The van der Waals surface area contributed by atoms with Gasteiger partial charge in [0, 0.05) is 6.92 Å². The van der Waals surface area contributed by atoms with E-state index in [4.69, 9.17) is 13.9 Å². The molecule has 116 valence electrons. The first kappa shape index (κ1) is 14.8. The van der Waals surface area contributed by atoms with Gasteiger partial charge in [-0.3, -0.25) is 0 Å². The SMILES string of the molecule is Cc1nnc(COC(=O)c2ccccc2Oc2ccccc2)o1. The fourth-order valence-electron chi connectivity index (χ4n) is 1.94. The largest absolute Gasteiger partial charge is 0.456 e. The van der Waals surface area contributed by atoms with Crippen molar-refractivity contribution in [2.75, 3.05) is 0 Å². The number of hydrogen-bond donors (Lipinski definition) is 0. The molecule has 3 aromatic rings. The highest BCUT2D eigenvalue weighted by Gasteiger charge is 2.15. The fourth-order valence-corrected chi connectivity index (χ4v) is 1.94. The highest BCUT2D eigenvalue weighted by Crippen LogP contribution is 2.25. The van der Waals surface area contributed by atoms with Crippen LogP contribution in [-0.2, 0) is 11.3 Å². The Bertz CT molecular complexity index is 799. The van der Waals surface area contributed by atoms with Crippen LogP contribution in [0.5, 0.6) is 11.5 Å². The predicted octanol–water partition coefficient (Wildman–Crippen LogP) is 3.53. The first-order valence-corrected chi connectivity index (χ1v) is 7.00. The smallest absolute Gasteiger partial charge is 0.342 e. The van der Waals surface area contributed by atoms with E-state index in [0.717, 1.165) is 0 Å². The number of aromatic nitrogens is 2. The second-order valence-corrected chi connectivity index (χ2v) is 4.70. The topological polar surface area (TPSA) is 74.5 Å². The number of ether oxygens (including phenoxy) is 2. The lowest BCUT2D eigenvalue weighted by Gasteiger charge is -2.10. The first-order chi connectivity index (χ1) is 11.2. The minimum absolute atomic E-state index is 0.0840. The average Bonchev–Trinajstić information content (AvgIpc) is 3.00. The fraction of sp³-hybridized carbons (Fsp3) is 0.118. The van der Waals surface area contributed by atoms with Crippen molar-refractivity contribution >= 4 is 5.97 Å². The van der Waals surface area contributed by atoms with Gasteiger partial charge in [0.25, 0.3) is 5.89 Å². The highest BCUT2D eigenvalue weighted by molar-refractivity contribution is 5.92. The van der Waals surface area contributed by atoms with Gasteiger partial charge in [-0.2, -0.15) is 0 Å². The lowest BCUT2D eigenvalue weighted by Crippen LogP contribution is -2.07. The number of esters is 1. The molecule has 6 nitrogen and oxygen atoms in total. The molecule has 0 spiro atoms. The number of aryl methyl sites for hydroxylation is 1. The van der Waals surface area contributed by atoms with Crippen molar-refractivity contribution in [3.63, 3.8) is 0 Å². The number of carbonyl (C=O) groups is 1. The van der Waals surface area contributed by atoms with Crippen LogP contribution < -0.4 is 4.74 Å². The number of benzene rings is 2. The van der Waals surface area contributed by atoms with Crippen molar-refractivity contribution in [3.8, 4) is 11.5 Å². The van der Waals surface area contributed by atoms with E-state index in [0.29, 0.717) is 23.0 Å². The third kappa shape index (κ3) is 3.74. The summed E-state index contributed by atoms with van der Waals surface area (Å²) in [5.41, 5.74) is 0.326. The lowest BCUT2D eigenvalue weighted by atomic mass is 10.2. The van der Waals surface area contributed by atoms with Gasteiger partial charge in [0.15, 0.2) is 6.61 Å². The molecule has 0 aliphatic heterocycles. The summed E-state index contributed by atoms with van der Waals surface area (Å²) >= 11 is 0. The minimum Gasteiger partial charge on any atom is -0.456 e. The zero-order valence-electron chi connectivity index (χ0n) is 12.4. The van der Waals surface area contributed by atoms with Crippen LogP contribution in [0.1, 0.15) is 22.1 Å². The lowest BCUT2D eigenvalue weighted by molar-refractivity contribution is 0.0434. The van der Waals surface area contributed by atoms with Crippen LogP contribution in [0.3, 0.4) is 0 Å². The number of hydrogen-bond acceptors (Lipinski definition) is 6. The van der Waals surface area contributed by atoms with E-state index in [1.165, 1.54) is 0 Å². The van der Waals surface area contributed by atoms with E-state index in [2.05, 4.69) is 10.2 Å². The van der Waals surface area contributed by atoms with E-state index in [1.807, 2.05) is 30.3 Å². The maximum Gasteiger partial charge on any atom is 0.342 e. The molecular formula is C17H14N2O4. The van der Waals surface area contributed by atoms with Crippen LogP contribution in [0, 0.1) is 6.92 Å². The summed E-state index contributed by atoms with van der Waals surface area (Å²) in [6.45, 7) is 1.58. The van der Waals surface area contributed by atoms with Crippen molar-refractivity contribution < 1.29 is 18.7 Å². The second-order valence-electron chi connectivity index (χ2n) is 4.70. The molecular weight excluding hydrogens is 296 g/mol. The number of carbonyl (C=O) groups excluding carboxylic acids is 1. The normalized spacial score (nSPS) is 10.3. The molecule has 0 aliphatic carbocycles. The summed E-state index contributed by atoms with van der Waals surface area (Å²) < 4.78 is 16.1. The molecule has 1 heterocycles. The Morgan fingerprint density at radius 3 is 2.52 bits per heavy atom. The average molecular weight is 310 g/mol. The molecule has 0 saturated heterocycles. The Balaban J connectivity index is 1.72. The molecule has 23 heavy (non-hydrogen) atoms. The summed E-state index contributed by atoms with van der Waals surface area (Å²) in [5.74, 6) is 1.21. The van der Waals surface area contributed by atoms with Gasteiger partial charge in [-0.05, 0) is 24.3 Å². The van der Waals surface area contributed by atoms with Gasteiger partial charge in [-0.15, -0.1) is 10.2 Å². The quantitative estimate of drug-likeness (QED) is 0.671. The van der Waals surface area contributed by atoms with Gasteiger partial charge < -0.3 is 13.9 Å². The molecule has 0 amide bonds. The zero-order valence-corrected chi connectivity index (χ0v) is 12.4. The maximum atomic E-state index is 12.2. The number of para-hydroxylation sites is 2. The van der Waals surface area contributed by atoms with Crippen molar-refractivity contribution in [3.05, 3.63) is 71.9 Å². The van der Waals surface area contributed by atoms with E-state index in [1.54, 1.807) is 31.2 Å². The maximum absolute atomic E-state index is 12.2. The third-order valence-corrected chi connectivity index (χ3v) is 2.97. The van der Waals surface area contributed by atoms with Gasteiger partial charge in [-0.25, -0.2) is 4.79 Å². The van der Waals surface area contributed by atoms with Crippen molar-refractivity contribution in [1.29, 1.82) is 0 Å². The van der Waals surface area contributed by atoms with E-state index >= 15 is 0 Å². The van der Waals surface area contributed by atoms with Gasteiger partial charge in [-0.1, -0.05) is 30.3 Å². The Morgan fingerprint density at radius 2 is 1.78 bits per heavy atom. The van der Waals surface area contributed by atoms with E-state index < -0.39 is 5.97 Å². The summed E-state index contributed by atoms with van der Waals surface area (Å²) in [4.78, 5) is 12.2. The summed E-state index contributed by atoms with van der Waals surface area (Å²) in [6.07, 6.45) is 0. The molecule has 6 heteroatoms. The van der Waals surface area contributed by atoms with E-state index in [9.17, 15) is 4.79 Å². The molecule has 0 bridgehead atoms. The molecule has 1 aromatic heterocycles. The monoisotopic (exact) mass is 310 g/mol. The molecule has 0 aliphatic rings. The molecule has 2 aromatic carbocycles. The Morgan fingerprint density at radius 1 is 1.04 bits per heavy atom. The Labute approximate surface area is 132 Å². The van der Waals surface area contributed by atoms with Gasteiger partial charge in [0.1, 0.15) is 17.1 Å². The summed E-state index contributed by atoms with van der Waals surface area (Å²) in [5, 5.41) is 7.45. The van der Waals surface area contributed by atoms with Crippen LogP contribution >= 0.6 is 0 Å². The molecule has 0 unspecified atom stereocenters. The van der Waals surface area contributed by atoms with Gasteiger partial charge in [0.05, 0.1) is 0 Å². The molecule has 0 saturated carbocycles. The predicted molar refractivity (Wildman–Crippen MR) is 81.1 cm³/mol. The summed E-state index contributed by atoms with van der Waals surface area (Å²) in [6, 6.07) is 16.1. The van der Waals surface area contributed by atoms with E-state index in [-0.39, 0.29) is 12.5 Å². The molecule has 0 fully saturated rings. The Hall–Kier alpha value is -3.15. The molecule has 3 rings (SSSR count). The van der Waals surface area contributed by atoms with Gasteiger partial charge >= 0.3 is 5.97 Å². The second kappa shape index (κ2) is 6.74. The van der Waals surface area contributed by atoms with Crippen molar-refractivity contribution in [1.82, 2.24) is 10.2 Å². The zero-order chi connectivity index (χ0) is 16.1. The van der Waals surface area contributed by atoms with Crippen molar-refractivity contribution in [2.24, 2.45) is 0 Å².